The Morgan fingerprint density at radius 3 is 2.47 bits per heavy atom. The SMILES string of the molecule is C=C(C)C1CCC(C)=C[C@H]1C1=C(O)C(=O)C(CCCCC)=C(NCC(C)(C)C)C1=O. The van der Waals surface area contributed by atoms with Crippen molar-refractivity contribution in [3.05, 3.63) is 46.4 Å². The number of hydrogen-bond acceptors (Lipinski definition) is 4. The smallest absolute Gasteiger partial charge is 0.225 e. The number of carbonyl (C=O) groups is 2. The Hall–Kier alpha value is -2.10. The van der Waals surface area contributed by atoms with Crippen LogP contribution in [-0.4, -0.2) is 23.2 Å². The molecule has 0 fully saturated rings. The number of rotatable bonds is 8. The molecule has 166 valence electrons. The van der Waals surface area contributed by atoms with Crippen molar-refractivity contribution in [3.8, 4) is 0 Å². The zero-order valence-corrected chi connectivity index (χ0v) is 19.7. The van der Waals surface area contributed by atoms with Gasteiger partial charge in [-0.1, -0.05) is 64.3 Å². The fourth-order valence-electron chi connectivity index (χ4n) is 4.30. The van der Waals surface area contributed by atoms with Crippen molar-refractivity contribution < 1.29 is 14.7 Å². The Bertz CT molecular complexity index is 805. The Morgan fingerprint density at radius 2 is 1.90 bits per heavy atom. The van der Waals surface area contributed by atoms with Crippen molar-refractivity contribution in [3.63, 3.8) is 0 Å². The maximum Gasteiger partial charge on any atom is 0.225 e. The molecule has 0 spiro atoms. The van der Waals surface area contributed by atoms with Crippen LogP contribution in [-0.2, 0) is 9.59 Å². The summed E-state index contributed by atoms with van der Waals surface area (Å²) in [5.74, 6) is -1.25. The minimum Gasteiger partial charge on any atom is -0.504 e. The Balaban J connectivity index is 2.51. The van der Waals surface area contributed by atoms with E-state index in [2.05, 4.69) is 39.6 Å². The fourth-order valence-corrected chi connectivity index (χ4v) is 4.30. The van der Waals surface area contributed by atoms with Gasteiger partial charge in [-0.2, -0.15) is 0 Å². The molecule has 2 rings (SSSR count). The lowest BCUT2D eigenvalue weighted by Crippen LogP contribution is -2.38. The summed E-state index contributed by atoms with van der Waals surface area (Å²) >= 11 is 0. The molecule has 0 radical (unpaired) electrons. The molecule has 0 aromatic carbocycles. The third kappa shape index (κ3) is 5.53. The molecule has 4 nitrogen and oxygen atoms in total. The van der Waals surface area contributed by atoms with E-state index in [1.165, 1.54) is 5.57 Å². The third-order valence-electron chi connectivity index (χ3n) is 6.06. The first-order chi connectivity index (χ1) is 14.0. The molecule has 0 amide bonds. The van der Waals surface area contributed by atoms with Gasteiger partial charge in [0.15, 0.2) is 5.76 Å². The highest BCUT2D eigenvalue weighted by Crippen LogP contribution is 2.41. The largest absolute Gasteiger partial charge is 0.504 e. The van der Waals surface area contributed by atoms with E-state index in [4.69, 9.17) is 0 Å². The van der Waals surface area contributed by atoms with Gasteiger partial charge in [-0.05, 0) is 50.9 Å². The van der Waals surface area contributed by atoms with Crippen LogP contribution in [0.3, 0.4) is 0 Å². The van der Waals surface area contributed by atoms with Gasteiger partial charge in [0.1, 0.15) is 0 Å². The molecule has 2 aliphatic carbocycles. The molecular weight excluding hydrogens is 374 g/mol. The van der Waals surface area contributed by atoms with Crippen LogP contribution in [0.25, 0.3) is 0 Å². The third-order valence-corrected chi connectivity index (χ3v) is 6.06. The number of aliphatic hydroxyl groups excluding tert-OH is 1. The number of nitrogens with one attached hydrogen (secondary N) is 1. The van der Waals surface area contributed by atoms with E-state index in [9.17, 15) is 14.7 Å². The molecule has 2 atom stereocenters. The molecule has 0 saturated carbocycles. The number of ketones is 2. The monoisotopic (exact) mass is 413 g/mol. The van der Waals surface area contributed by atoms with Crippen LogP contribution in [0.1, 0.15) is 80.1 Å². The van der Waals surface area contributed by atoms with Gasteiger partial charge < -0.3 is 10.4 Å². The maximum atomic E-state index is 13.7. The highest BCUT2D eigenvalue weighted by Gasteiger charge is 2.41. The lowest BCUT2D eigenvalue weighted by molar-refractivity contribution is -0.119. The second kappa shape index (κ2) is 9.80. The van der Waals surface area contributed by atoms with E-state index in [1.54, 1.807) is 0 Å². The van der Waals surface area contributed by atoms with Gasteiger partial charge in [0, 0.05) is 18.0 Å². The van der Waals surface area contributed by atoms with Crippen LogP contribution < -0.4 is 5.32 Å². The van der Waals surface area contributed by atoms with Gasteiger partial charge in [-0.25, -0.2) is 0 Å². The van der Waals surface area contributed by atoms with Gasteiger partial charge in [0.25, 0.3) is 0 Å². The summed E-state index contributed by atoms with van der Waals surface area (Å²) in [7, 11) is 0. The van der Waals surface area contributed by atoms with E-state index in [0.29, 0.717) is 24.2 Å². The average Bonchev–Trinajstić information content (AvgIpc) is 2.64. The lowest BCUT2D eigenvalue weighted by Gasteiger charge is -2.34. The number of unbranched alkanes of at least 4 members (excludes halogenated alkanes) is 2. The summed E-state index contributed by atoms with van der Waals surface area (Å²) in [4.78, 5) is 26.9. The van der Waals surface area contributed by atoms with Crippen molar-refractivity contribution in [1.82, 2.24) is 5.32 Å². The lowest BCUT2D eigenvalue weighted by atomic mass is 9.70. The number of carbonyl (C=O) groups excluding carboxylic acids is 2. The molecule has 0 aliphatic heterocycles. The van der Waals surface area contributed by atoms with E-state index in [-0.39, 0.29) is 34.4 Å². The van der Waals surface area contributed by atoms with Crippen molar-refractivity contribution in [2.24, 2.45) is 17.3 Å². The second-order valence-corrected chi connectivity index (χ2v) is 10.2. The van der Waals surface area contributed by atoms with Crippen molar-refractivity contribution in [2.75, 3.05) is 6.54 Å². The van der Waals surface area contributed by atoms with Gasteiger partial charge in [-0.3, -0.25) is 9.59 Å². The van der Waals surface area contributed by atoms with Crippen LogP contribution in [0, 0.1) is 17.3 Å². The van der Waals surface area contributed by atoms with Crippen LogP contribution in [0.2, 0.25) is 0 Å². The fraction of sp³-hybridized carbons (Fsp3) is 0.615. The van der Waals surface area contributed by atoms with Crippen molar-refractivity contribution in [2.45, 2.75) is 80.1 Å². The summed E-state index contributed by atoms with van der Waals surface area (Å²) in [5.41, 5.74) is 3.17. The Labute approximate surface area is 182 Å². The highest BCUT2D eigenvalue weighted by molar-refractivity contribution is 6.24. The summed E-state index contributed by atoms with van der Waals surface area (Å²) in [6, 6.07) is 0. The molecule has 4 heteroatoms. The Morgan fingerprint density at radius 1 is 1.23 bits per heavy atom. The molecule has 0 aromatic heterocycles. The molecule has 0 heterocycles. The zero-order valence-electron chi connectivity index (χ0n) is 19.7. The number of hydrogen-bond donors (Lipinski definition) is 2. The predicted molar refractivity (Wildman–Crippen MR) is 123 cm³/mol. The quantitative estimate of drug-likeness (QED) is 0.292. The molecular formula is C26H39NO3. The standard InChI is InChI=1S/C26H39NO3/c1-8-9-10-11-19-22(27-15-26(5,6)7)24(29)21(25(30)23(19)28)20-14-17(4)12-13-18(20)16(2)3/h14,18,20,27,30H,2,8-13,15H2,1,3-7H3/t18?,20-/m1/s1. The van der Waals surface area contributed by atoms with E-state index in [0.717, 1.165) is 37.7 Å². The molecule has 0 bridgehead atoms. The molecule has 2 aliphatic rings. The number of allylic oxidation sites excluding steroid dienone is 5. The van der Waals surface area contributed by atoms with Gasteiger partial charge in [-0.15, -0.1) is 0 Å². The minimum atomic E-state index is -0.394. The summed E-state index contributed by atoms with van der Waals surface area (Å²) in [6.07, 6.45) is 7.20. The minimum absolute atomic E-state index is 0.0458. The first-order valence-electron chi connectivity index (χ1n) is 11.3. The molecule has 30 heavy (non-hydrogen) atoms. The predicted octanol–water partition coefficient (Wildman–Crippen LogP) is 5.97. The number of aliphatic hydroxyl groups is 1. The highest BCUT2D eigenvalue weighted by atomic mass is 16.3. The van der Waals surface area contributed by atoms with Crippen LogP contribution in [0.5, 0.6) is 0 Å². The van der Waals surface area contributed by atoms with Crippen LogP contribution in [0.4, 0.5) is 0 Å². The first kappa shape index (κ1) is 24.2. The van der Waals surface area contributed by atoms with E-state index < -0.39 is 5.78 Å². The number of Topliss-reactive ketones (excluding diaryl/α,β-unsaturated/α-hetero) is 2. The molecule has 2 N–H and O–H groups in total. The first-order valence-corrected chi connectivity index (χ1v) is 11.3. The van der Waals surface area contributed by atoms with Crippen molar-refractivity contribution in [1.29, 1.82) is 0 Å². The van der Waals surface area contributed by atoms with Crippen LogP contribution in [0.15, 0.2) is 46.4 Å². The summed E-state index contributed by atoms with van der Waals surface area (Å²) in [5, 5.41) is 14.2. The summed E-state index contributed by atoms with van der Waals surface area (Å²) in [6.45, 7) is 17.1. The van der Waals surface area contributed by atoms with Crippen LogP contribution >= 0.6 is 0 Å². The molecule has 1 unspecified atom stereocenters. The topological polar surface area (TPSA) is 66.4 Å². The van der Waals surface area contributed by atoms with E-state index in [1.807, 2.05) is 19.9 Å². The Kier molecular flexibility index (Phi) is 7.90. The maximum absolute atomic E-state index is 13.7. The zero-order chi connectivity index (χ0) is 22.6. The average molecular weight is 414 g/mol. The van der Waals surface area contributed by atoms with Gasteiger partial charge in [0.2, 0.25) is 11.6 Å². The van der Waals surface area contributed by atoms with E-state index >= 15 is 0 Å². The summed E-state index contributed by atoms with van der Waals surface area (Å²) < 4.78 is 0. The molecule has 0 saturated heterocycles. The normalized spacial score (nSPS) is 23.1. The second-order valence-electron chi connectivity index (χ2n) is 10.2. The van der Waals surface area contributed by atoms with Gasteiger partial charge in [0.05, 0.1) is 11.3 Å². The van der Waals surface area contributed by atoms with Gasteiger partial charge >= 0.3 is 0 Å². The van der Waals surface area contributed by atoms with Crippen molar-refractivity contribution >= 4 is 11.6 Å². The molecule has 0 aromatic rings.